The van der Waals surface area contributed by atoms with E-state index in [1.54, 1.807) is 25.8 Å². The van der Waals surface area contributed by atoms with Gasteiger partial charge in [0.15, 0.2) is 0 Å². The lowest BCUT2D eigenvalue weighted by Crippen LogP contribution is -1.99. The molecule has 0 bridgehead atoms. The summed E-state index contributed by atoms with van der Waals surface area (Å²) in [6.45, 7) is 0.395. The molecule has 124 valence electrons. The standard InChI is InChI=1S/C17H18N4O2S/c1-22-17-16-14(7-9-21-17)15(8-10-20-16)23-11-12-3-5-13(6-4-12)24(2,18)19/h3-10,18-19H,11H2,1-2H3. The molecule has 3 aromatic rings. The van der Waals surface area contributed by atoms with Crippen LogP contribution in [0.1, 0.15) is 5.56 Å². The number of aromatic nitrogens is 2. The largest absolute Gasteiger partial charge is 0.488 e. The van der Waals surface area contributed by atoms with Gasteiger partial charge in [-0.1, -0.05) is 12.1 Å². The van der Waals surface area contributed by atoms with Gasteiger partial charge in [-0.05, 0) is 39.4 Å². The molecule has 1 aromatic carbocycles. The molecule has 24 heavy (non-hydrogen) atoms. The predicted octanol–water partition coefficient (Wildman–Crippen LogP) is 3.88. The second-order valence-corrected chi connectivity index (χ2v) is 7.69. The van der Waals surface area contributed by atoms with Crippen molar-refractivity contribution in [3.05, 3.63) is 54.4 Å². The molecule has 0 unspecified atom stereocenters. The Labute approximate surface area is 140 Å². The van der Waals surface area contributed by atoms with E-state index in [-0.39, 0.29) is 0 Å². The fraction of sp³-hybridized carbons (Fsp3) is 0.176. The van der Waals surface area contributed by atoms with E-state index in [1.165, 1.54) is 0 Å². The molecular formula is C17H18N4O2S. The summed E-state index contributed by atoms with van der Waals surface area (Å²) in [4.78, 5) is 9.18. The second-order valence-electron chi connectivity index (χ2n) is 5.38. The number of hydrogen-bond acceptors (Lipinski definition) is 6. The van der Waals surface area contributed by atoms with Crippen LogP contribution in [0.4, 0.5) is 0 Å². The fourth-order valence-electron chi connectivity index (χ4n) is 2.32. The normalized spacial score (nSPS) is 11.4. The lowest BCUT2D eigenvalue weighted by atomic mass is 10.2. The average molecular weight is 342 g/mol. The van der Waals surface area contributed by atoms with Gasteiger partial charge < -0.3 is 9.47 Å². The number of methoxy groups -OCH3 is 1. The first-order chi connectivity index (χ1) is 11.5. The number of fused-ring (bicyclic) bond motifs is 1. The minimum atomic E-state index is -2.19. The van der Waals surface area contributed by atoms with Crippen molar-refractivity contribution in [3.8, 4) is 11.6 Å². The van der Waals surface area contributed by atoms with Gasteiger partial charge in [-0.3, -0.25) is 14.5 Å². The molecule has 0 aliphatic carbocycles. The molecule has 6 nitrogen and oxygen atoms in total. The minimum Gasteiger partial charge on any atom is -0.488 e. The average Bonchev–Trinajstić information content (AvgIpc) is 2.59. The van der Waals surface area contributed by atoms with Crippen LogP contribution < -0.4 is 9.47 Å². The summed E-state index contributed by atoms with van der Waals surface area (Å²) in [6, 6.07) is 11.1. The third-order valence-corrected chi connectivity index (χ3v) is 4.78. The Bertz CT molecular complexity index is 970. The van der Waals surface area contributed by atoms with Crippen LogP contribution in [0.15, 0.2) is 53.7 Å². The maximum absolute atomic E-state index is 7.80. The molecule has 0 saturated heterocycles. The first-order valence-corrected chi connectivity index (χ1v) is 9.30. The SMILES string of the molecule is COc1nccc2c(OCc3ccc(S(C)(=N)=N)cc3)ccnc12. The van der Waals surface area contributed by atoms with Gasteiger partial charge in [0.1, 0.15) is 17.9 Å². The van der Waals surface area contributed by atoms with Crippen LogP contribution in [0.25, 0.3) is 10.9 Å². The van der Waals surface area contributed by atoms with Crippen molar-refractivity contribution >= 4 is 20.5 Å². The molecule has 7 heteroatoms. The Morgan fingerprint density at radius 2 is 1.71 bits per heavy atom. The summed E-state index contributed by atoms with van der Waals surface area (Å²) in [5.41, 5.74) is 1.64. The lowest BCUT2D eigenvalue weighted by molar-refractivity contribution is 0.309. The third-order valence-electron chi connectivity index (χ3n) is 3.57. The van der Waals surface area contributed by atoms with Crippen LogP contribution in [0, 0.1) is 9.56 Å². The summed E-state index contributed by atoms with van der Waals surface area (Å²) in [5, 5.41) is 0.843. The van der Waals surface area contributed by atoms with Gasteiger partial charge in [0.05, 0.1) is 7.11 Å². The summed E-state index contributed by atoms with van der Waals surface area (Å²) >= 11 is 0. The fourth-order valence-corrected chi connectivity index (χ4v) is 3.00. The number of nitrogens with one attached hydrogen (secondary N) is 2. The Morgan fingerprint density at radius 3 is 2.38 bits per heavy atom. The molecule has 0 fully saturated rings. The first-order valence-electron chi connectivity index (χ1n) is 7.26. The quantitative estimate of drug-likeness (QED) is 0.736. The van der Waals surface area contributed by atoms with E-state index in [0.29, 0.717) is 23.8 Å². The van der Waals surface area contributed by atoms with E-state index < -0.39 is 9.62 Å². The molecule has 0 saturated carbocycles. The summed E-state index contributed by atoms with van der Waals surface area (Å²) in [5.74, 6) is 1.18. The van der Waals surface area contributed by atoms with E-state index in [0.717, 1.165) is 15.8 Å². The van der Waals surface area contributed by atoms with E-state index >= 15 is 0 Å². The smallest absolute Gasteiger partial charge is 0.240 e. The van der Waals surface area contributed by atoms with Crippen LogP contribution in [0.5, 0.6) is 11.6 Å². The van der Waals surface area contributed by atoms with Crippen LogP contribution >= 0.6 is 0 Å². The van der Waals surface area contributed by atoms with Crippen LogP contribution in [0.2, 0.25) is 0 Å². The molecule has 2 aromatic heterocycles. The maximum Gasteiger partial charge on any atom is 0.240 e. The number of ether oxygens (including phenoxy) is 2. The lowest BCUT2D eigenvalue weighted by Gasteiger charge is -2.11. The van der Waals surface area contributed by atoms with Gasteiger partial charge in [-0.2, -0.15) is 0 Å². The summed E-state index contributed by atoms with van der Waals surface area (Å²) in [6.07, 6.45) is 4.96. The van der Waals surface area contributed by atoms with Crippen LogP contribution in [0.3, 0.4) is 0 Å². The molecule has 3 rings (SSSR count). The summed E-state index contributed by atoms with van der Waals surface area (Å²) < 4.78 is 26.8. The number of nitrogens with zero attached hydrogens (tertiary/aromatic N) is 2. The zero-order valence-corrected chi connectivity index (χ0v) is 14.3. The molecule has 2 heterocycles. The van der Waals surface area contributed by atoms with Crippen molar-refractivity contribution in [3.63, 3.8) is 0 Å². The van der Waals surface area contributed by atoms with Crippen molar-refractivity contribution in [1.29, 1.82) is 9.56 Å². The Morgan fingerprint density at radius 1 is 1.00 bits per heavy atom. The topological polar surface area (TPSA) is 91.9 Å². The van der Waals surface area contributed by atoms with Crippen molar-refractivity contribution in [2.24, 2.45) is 0 Å². The predicted molar refractivity (Wildman–Crippen MR) is 93.9 cm³/mol. The van der Waals surface area contributed by atoms with Crippen LogP contribution in [-0.2, 0) is 16.2 Å². The van der Waals surface area contributed by atoms with Gasteiger partial charge >= 0.3 is 0 Å². The van der Waals surface area contributed by atoms with Crippen molar-refractivity contribution in [2.45, 2.75) is 11.5 Å². The van der Waals surface area contributed by atoms with Gasteiger partial charge in [-0.25, -0.2) is 4.98 Å². The van der Waals surface area contributed by atoms with Crippen molar-refractivity contribution in [2.75, 3.05) is 13.4 Å². The van der Waals surface area contributed by atoms with E-state index in [2.05, 4.69) is 9.97 Å². The zero-order valence-electron chi connectivity index (χ0n) is 13.4. The molecule has 0 atom stereocenters. The number of hydrogen-bond donors (Lipinski definition) is 2. The Hall–Kier alpha value is -2.67. The molecular weight excluding hydrogens is 324 g/mol. The number of rotatable bonds is 5. The first kappa shape index (κ1) is 16.2. The highest BCUT2D eigenvalue weighted by Crippen LogP contribution is 2.28. The highest BCUT2D eigenvalue weighted by molar-refractivity contribution is 7.92. The Balaban J connectivity index is 1.83. The molecule has 0 aliphatic heterocycles. The number of benzene rings is 1. The van der Waals surface area contributed by atoms with Crippen molar-refractivity contribution < 1.29 is 9.47 Å². The van der Waals surface area contributed by atoms with Crippen molar-refractivity contribution in [1.82, 2.24) is 9.97 Å². The van der Waals surface area contributed by atoms with Gasteiger partial charge in [0.25, 0.3) is 0 Å². The second kappa shape index (κ2) is 6.45. The maximum atomic E-state index is 7.80. The number of pyridine rings is 2. The van der Waals surface area contributed by atoms with E-state index in [9.17, 15) is 0 Å². The third kappa shape index (κ3) is 3.30. The molecule has 2 N–H and O–H groups in total. The van der Waals surface area contributed by atoms with E-state index in [4.69, 9.17) is 19.0 Å². The van der Waals surface area contributed by atoms with Gasteiger partial charge in [0.2, 0.25) is 5.88 Å². The van der Waals surface area contributed by atoms with Gasteiger partial charge in [-0.15, -0.1) is 0 Å². The Kier molecular flexibility index (Phi) is 4.35. The molecule has 0 spiro atoms. The highest BCUT2D eigenvalue weighted by atomic mass is 32.2. The monoisotopic (exact) mass is 342 g/mol. The summed E-state index contributed by atoms with van der Waals surface area (Å²) in [7, 11) is -0.631. The van der Waals surface area contributed by atoms with E-state index in [1.807, 2.05) is 36.4 Å². The van der Waals surface area contributed by atoms with Crippen LogP contribution in [-0.4, -0.2) is 23.3 Å². The molecule has 0 radical (unpaired) electrons. The molecule has 0 amide bonds. The molecule has 0 aliphatic rings. The minimum absolute atomic E-state index is 0.395. The zero-order chi connectivity index (χ0) is 17.2. The highest BCUT2D eigenvalue weighted by Gasteiger charge is 2.09. The van der Waals surface area contributed by atoms with Gasteiger partial charge in [0, 0.05) is 28.9 Å².